The molecular weight excluding hydrogens is 354 g/mol. The van der Waals surface area contributed by atoms with Crippen molar-refractivity contribution in [3.63, 3.8) is 0 Å². The molecular formula is C27H23NO. The first-order valence-corrected chi connectivity index (χ1v) is 10.8. The van der Waals surface area contributed by atoms with Crippen molar-refractivity contribution in [2.45, 2.75) is 49.6 Å². The van der Waals surface area contributed by atoms with Crippen LogP contribution in [-0.4, -0.2) is 10.8 Å². The van der Waals surface area contributed by atoms with Crippen LogP contribution in [0.2, 0.25) is 0 Å². The van der Waals surface area contributed by atoms with Gasteiger partial charge in [0.15, 0.2) is 0 Å². The summed E-state index contributed by atoms with van der Waals surface area (Å²) in [5.74, 6) is 1.32. The van der Waals surface area contributed by atoms with Crippen LogP contribution in [0.5, 0.6) is 0 Å². The predicted molar refractivity (Wildman–Crippen MR) is 113 cm³/mol. The van der Waals surface area contributed by atoms with E-state index in [1.165, 1.54) is 38.9 Å². The van der Waals surface area contributed by atoms with E-state index in [0.29, 0.717) is 24.2 Å². The zero-order valence-electron chi connectivity index (χ0n) is 16.6. The molecule has 3 aromatic rings. The van der Waals surface area contributed by atoms with Gasteiger partial charge in [-0.3, -0.25) is 4.79 Å². The lowest BCUT2D eigenvalue weighted by Crippen LogP contribution is -2.54. The largest absolute Gasteiger partial charge is 0.327 e. The molecule has 4 aliphatic rings. The van der Waals surface area contributed by atoms with Gasteiger partial charge < -0.3 is 4.90 Å². The quantitative estimate of drug-likeness (QED) is 0.517. The van der Waals surface area contributed by atoms with Crippen LogP contribution in [0.1, 0.15) is 69.5 Å². The summed E-state index contributed by atoms with van der Waals surface area (Å²) in [6.45, 7) is 2.93. The SMILES string of the molecule is Cc1ccc2c(c1)[C@H]1C[C@@H]3c4ccccc4[C@H]4CC(=O)N(C2)[C@]14c1ccccc13. The Labute approximate surface area is 171 Å². The molecule has 2 heterocycles. The lowest BCUT2D eigenvalue weighted by molar-refractivity contribution is -0.134. The van der Waals surface area contributed by atoms with Crippen LogP contribution in [0.4, 0.5) is 0 Å². The number of nitrogens with zero attached hydrogens (tertiary/aromatic N) is 1. The van der Waals surface area contributed by atoms with Crippen LogP contribution in [0.15, 0.2) is 66.7 Å². The van der Waals surface area contributed by atoms with Crippen LogP contribution in [0.25, 0.3) is 0 Å². The summed E-state index contributed by atoms with van der Waals surface area (Å²) in [6, 6.07) is 24.8. The Hall–Kier alpha value is -2.87. The van der Waals surface area contributed by atoms with Crippen molar-refractivity contribution in [3.8, 4) is 0 Å². The van der Waals surface area contributed by atoms with Crippen LogP contribution < -0.4 is 0 Å². The predicted octanol–water partition coefficient (Wildman–Crippen LogP) is 5.35. The van der Waals surface area contributed by atoms with Gasteiger partial charge in [-0.1, -0.05) is 72.3 Å². The fourth-order valence-corrected chi connectivity index (χ4v) is 7.22. The zero-order valence-corrected chi connectivity index (χ0v) is 16.6. The van der Waals surface area contributed by atoms with Crippen molar-refractivity contribution in [1.29, 1.82) is 0 Å². The normalized spacial score (nSPS) is 30.3. The van der Waals surface area contributed by atoms with E-state index in [1.54, 1.807) is 0 Å². The molecule has 0 aromatic heterocycles. The summed E-state index contributed by atoms with van der Waals surface area (Å²) in [6.07, 6.45) is 1.71. The van der Waals surface area contributed by atoms with Gasteiger partial charge in [-0.05, 0) is 46.7 Å². The lowest BCUT2D eigenvalue weighted by Gasteiger charge is -2.54. The number of benzene rings is 3. The Balaban J connectivity index is 1.64. The minimum atomic E-state index is -0.239. The third-order valence-corrected chi connectivity index (χ3v) is 8.18. The molecule has 3 aromatic carbocycles. The molecule has 2 aliphatic heterocycles. The standard InChI is InChI=1S/C27H23NO/c1-16-10-11-17-15-28-26(29)14-25-19-7-3-2-6-18(19)22-13-24(21(17)12-16)27(25,28)23-9-5-4-8-20(22)23/h2-12,22,24-25H,13-15H2,1H3/t22-,24-,25-,27-/m1/s1. The van der Waals surface area contributed by atoms with Gasteiger partial charge in [0.25, 0.3) is 0 Å². The summed E-state index contributed by atoms with van der Waals surface area (Å²) < 4.78 is 0. The molecule has 1 amide bonds. The van der Waals surface area contributed by atoms with E-state index >= 15 is 0 Å². The van der Waals surface area contributed by atoms with Gasteiger partial charge in [-0.15, -0.1) is 0 Å². The van der Waals surface area contributed by atoms with E-state index in [9.17, 15) is 4.79 Å². The molecule has 1 saturated heterocycles. The second-order valence-electron chi connectivity index (χ2n) is 9.32. The molecule has 0 radical (unpaired) electrons. The highest BCUT2D eigenvalue weighted by Gasteiger charge is 2.65. The van der Waals surface area contributed by atoms with Gasteiger partial charge in [0.2, 0.25) is 5.91 Å². The number of hydrogen-bond acceptors (Lipinski definition) is 1. The van der Waals surface area contributed by atoms with Gasteiger partial charge in [-0.2, -0.15) is 0 Å². The first-order valence-electron chi connectivity index (χ1n) is 10.8. The monoisotopic (exact) mass is 377 g/mol. The Morgan fingerprint density at radius 3 is 2.48 bits per heavy atom. The molecule has 0 unspecified atom stereocenters. The Kier molecular flexibility index (Phi) is 2.86. The third kappa shape index (κ3) is 1.73. The van der Waals surface area contributed by atoms with E-state index in [-0.39, 0.29) is 11.5 Å². The molecule has 2 nitrogen and oxygen atoms in total. The average Bonchev–Trinajstić information content (AvgIpc) is 2.92. The van der Waals surface area contributed by atoms with Crippen molar-refractivity contribution in [1.82, 2.24) is 4.90 Å². The van der Waals surface area contributed by atoms with E-state index < -0.39 is 0 Å². The molecule has 29 heavy (non-hydrogen) atoms. The summed E-state index contributed by atoms with van der Waals surface area (Å²) in [5, 5.41) is 0. The van der Waals surface area contributed by atoms with Crippen molar-refractivity contribution >= 4 is 5.91 Å². The number of amides is 1. The van der Waals surface area contributed by atoms with Gasteiger partial charge >= 0.3 is 0 Å². The molecule has 0 saturated carbocycles. The molecule has 2 heteroatoms. The molecule has 4 atom stereocenters. The van der Waals surface area contributed by atoms with Crippen molar-refractivity contribution in [2.75, 3.05) is 0 Å². The number of rotatable bonds is 0. The second kappa shape index (κ2) is 5.18. The second-order valence-corrected chi connectivity index (χ2v) is 9.32. The maximum atomic E-state index is 13.5. The van der Waals surface area contributed by atoms with Crippen molar-refractivity contribution < 1.29 is 4.79 Å². The number of hydrogen-bond donors (Lipinski definition) is 0. The molecule has 1 spiro atoms. The van der Waals surface area contributed by atoms with E-state index in [4.69, 9.17) is 0 Å². The van der Waals surface area contributed by atoms with Gasteiger partial charge in [-0.25, -0.2) is 0 Å². The minimum absolute atomic E-state index is 0.235. The summed E-state index contributed by atoms with van der Waals surface area (Å²) in [4.78, 5) is 15.7. The van der Waals surface area contributed by atoms with Gasteiger partial charge in [0, 0.05) is 30.7 Å². The first-order chi connectivity index (χ1) is 14.2. The number of carbonyl (C=O) groups is 1. The van der Waals surface area contributed by atoms with Gasteiger partial charge in [0.05, 0.1) is 5.54 Å². The topological polar surface area (TPSA) is 20.3 Å². The highest BCUT2D eigenvalue weighted by molar-refractivity contribution is 5.85. The average molecular weight is 377 g/mol. The lowest BCUT2D eigenvalue weighted by atomic mass is 9.58. The Bertz CT molecular complexity index is 1210. The summed E-state index contributed by atoms with van der Waals surface area (Å²) in [7, 11) is 0. The fraction of sp³-hybridized carbons (Fsp3) is 0.296. The van der Waals surface area contributed by atoms with Crippen LogP contribution in [0.3, 0.4) is 0 Å². The van der Waals surface area contributed by atoms with E-state index in [2.05, 4.69) is 78.6 Å². The van der Waals surface area contributed by atoms with Gasteiger partial charge in [0.1, 0.15) is 0 Å². The third-order valence-electron chi connectivity index (χ3n) is 8.18. The first kappa shape index (κ1) is 16.0. The smallest absolute Gasteiger partial charge is 0.224 e. The molecule has 0 N–H and O–H groups in total. The fourth-order valence-electron chi connectivity index (χ4n) is 7.22. The van der Waals surface area contributed by atoms with Crippen LogP contribution in [-0.2, 0) is 16.9 Å². The Morgan fingerprint density at radius 1 is 0.862 bits per heavy atom. The maximum Gasteiger partial charge on any atom is 0.224 e. The van der Waals surface area contributed by atoms with E-state index in [0.717, 1.165) is 13.0 Å². The van der Waals surface area contributed by atoms with Crippen molar-refractivity contribution in [3.05, 3.63) is 106 Å². The summed E-state index contributed by atoms with van der Waals surface area (Å²) >= 11 is 0. The minimum Gasteiger partial charge on any atom is -0.327 e. The molecule has 142 valence electrons. The van der Waals surface area contributed by atoms with Crippen molar-refractivity contribution in [2.24, 2.45) is 0 Å². The van der Waals surface area contributed by atoms with Crippen LogP contribution in [0, 0.1) is 6.92 Å². The summed E-state index contributed by atoms with van der Waals surface area (Å²) in [5.41, 5.74) is 9.60. The van der Waals surface area contributed by atoms with E-state index in [1.807, 2.05) is 0 Å². The maximum absolute atomic E-state index is 13.5. The number of carbonyl (C=O) groups excluding carboxylic acids is 1. The highest BCUT2D eigenvalue weighted by Crippen LogP contribution is 2.69. The highest BCUT2D eigenvalue weighted by atomic mass is 16.2. The molecule has 1 fully saturated rings. The number of aryl methyl sites for hydroxylation is 1. The molecule has 2 aliphatic carbocycles. The number of fused-ring (bicyclic) bond motifs is 5. The zero-order chi connectivity index (χ0) is 19.3. The van der Waals surface area contributed by atoms with Crippen LogP contribution >= 0.6 is 0 Å². The molecule has 2 bridgehead atoms. The molecule has 7 rings (SSSR count). The Morgan fingerprint density at radius 2 is 1.62 bits per heavy atom.